The van der Waals surface area contributed by atoms with Gasteiger partial charge in [0.15, 0.2) is 11.6 Å². The zero-order chi connectivity index (χ0) is 23.1. The van der Waals surface area contributed by atoms with E-state index in [1.54, 1.807) is 30.5 Å². The first kappa shape index (κ1) is 22.3. The Balaban J connectivity index is 1.63. The number of ether oxygens (including phenoxy) is 5. The lowest BCUT2D eigenvalue weighted by Crippen LogP contribution is -2.46. The van der Waals surface area contributed by atoms with Crippen molar-refractivity contribution in [3.8, 4) is 6.07 Å². The molecule has 4 heterocycles. The van der Waals surface area contributed by atoms with Gasteiger partial charge in [-0.3, -0.25) is 0 Å². The highest BCUT2D eigenvalue weighted by molar-refractivity contribution is 5.65. The fourth-order valence-electron chi connectivity index (χ4n) is 4.18. The predicted octanol–water partition coefficient (Wildman–Crippen LogP) is 2.51. The molecule has 4 rings (SSSR count). The molecule has 11 nitrogen and oxygen atoms in total. The van der Waals surface area contributed by atoms with Crippen LogP contribution in [0.25, 0.3) is 5.52 Å². The van der Waals surface area contributed by atoms with Gasteiger partial charge in [-0.15, -0.1) is 0 Å². The van der Waals surface area contributed by atoms with Gasteiger partial charge in [0, 0.05) is 0 Å². The van der Waals surface area contributed by atoms with E-state index in [1.165, 1.54) is 6.33 Å². The van der Waals surface area contributed by atoms with Crippen molar-refractivity contribution in [2.24, 2.45) is 0 Å². The standard InChI is InChI=1S/C21H27N5O6/c1-5-12(6-2)29-19(27)28-10-21(9-22)17-16(30-20(3,4)32-17)15(31-21)13-7-8-14-18(23)24-11-25-26(13)14/h7-8,11-12,15-17H,5-6,10H2,1-4H3,(H2,23,24,25)/t15-,16-,17-,21+/m0/s1. The molecule has 4 atom stereocenters. The van der Waals surface area contributed by atoms with Crippen LogP contribution in [0.3, 0.4) is 0 Å². The van der Waals surface area contributed by atoms with Gasteiger partial charge >= 0.3 is 6.16 Å². The lowest BCUT2D eigenvalue weighted by atomic mass is 9.96. The van der Waals surface area contributed by atoms with Gasteiger partial charge in [-0.05, 0) is 38.8 Å². The number of hydrogen-bond acceptors (Lipinski definition) is 10. The molecule has 32 heavy (non-hydrogen) atoms. The number of nitrogen functional groups attached to an aromatic ring is 1. The summed E-state index contributed by atoms with van der Waals surface area (Å²) in [6, 6.07) is 5.70. The molecular weight excluding hydrogens is 418 g/mol. The molecule has 0 saturated carbocycles. The van der Waals surface area contributed by atoms with E-state index < -0.39 is 35.9 Å². The molecule has 2 N–H and O–H groups in total. The number of hydrogen-bond donors (Lipinski definition) is 1. The predicted molar refractivity (Wildman–Crippen MR) is 110 cm³/mol. The van der Waals surface area contributed by atoms with E-state index in [0.29, 0.717) is 29.9 Å². The maximum absolute atomic E-state index is 12.2. The fraction of sp³-hybridized carbons (Fsp3) is 0.619. The molecule has 0 amide bonds. The number of aromatic nitrogens is 3. The van der Waals surface area contributed by atoms with Gasteiger partial charge in [0.05, 0.1) is 5.69 Å². The molecule has 2 aromatic rings. The molecule has 2 fully saturated rings. The summed E-state index contributed by atoms with van der Waals surface area (Å²) >= 11 is 0. The normalized spacial score (nSPS) is 28.6. The highest BCUT2D eigenvalue weighted by Gasteiger charge is 2.65. The van der Waals surface area contributed by atoms with Gasteiger partial charge in [-0.25, -0.2) is 14.3 Å². The number of nitriles is 1. The first-order valence-corrected chi connectivity index (χ1v) is 10.6. The van der Waals surface area contributed by atoms with Crippen molar-refractivity contribution in [1.29, 1.82) is 5.26 Å². The van der Waals surface area contributed by atoms with E-state index >= 15 is 0 Å². The Morgan fingerprint density at radius 1 is 1.31 bits per heavy atom. The van der Waals surface area contributed by atoms with Gasteiger partial charge in [0.1, 0.15) is 48.9 Å². The molecule has 2 saturated heterocycles. The lowest BCUT2D eigenvalue weighted by molar-refractivity contribution is -0.206. The summed E-state index contributed by atoms with van der Waals surface area (Å²) in [6.07, 6.45) is -0.627. The maximum atomic E-state index is 12.2. The Bertz CT molecular complexity index is 1040. The Kier molecular flexibility index (Phi) is 5.70. The summed E-state index contributed by atoms with van der Waals surface area (Å²) < 4.78 is 30.5. The molecule has 0 bridgehead atoms. The molecule has 0 unspecified atom stereocenters. The number of anilines is 1. The van der Waals surface area contributed by atoms with Crippen LogP contribution in [0.1, 0.15) is 52.3 Å². The third-order valence-electron chi connectivity index (χ3n) is 5.79. The van der Waals surface area contributed by atoms with Crippen molar-refractivity contribution in [1.82, 2.24) is 14.6 Å². The summed E-state index contributed by atoms with van der Waals surface area (Å²) in [5.74, 6) is -0.653. The topological polar surface area (TPSA) is 143 Å². The van der Waals surface area contributed by atoms with E-state index in [1.807, 2.05) is 13.8 Å². The van der Waals surface area contributed by atoms with E-state index in [9.17, 15) is 10.1 Å². The third-order valence-corrected chi connectivity index (χ3v) is 5.79. The highest BCUT2D eigenvalue weighted by Crippen LogP contribution is 2.50. The molecule has 0 aliphatic carbocycles. The van der Waals surface area contributed by atoms with E-state index in [-0.39, 0.29) is 12.7 Å². The summed E-state index contributed by atoms with van der Waals surface area (Å²) in [5, 5.41) is 14.4. The van der Waals surface area contributed by atoms with Crippen LogP contribution in [0, 0.1) is 11.3 Å². The highest BCUT2D eigenvalue weighted by atomic mass is 16.8. The number of rotatable bonds is 6. The van der Waals surface area contributed by atoms with E-state index in [2.05, 4.69) is 16.2 Å². The van der Waals surface area contributed by atoms with E-state index in [0.717, 1.165) is 0 Å². The fourth-order valence-corrected chi connectivity index (χ4v) is 4.18. The number of nitrogens with two attached hydrogens (primary N) is 1. The van der Waals surface area contributed by atoms with Crippen LogP contribution in [-0.2, 0) is 23.7 Å². The van der Waals surface area contributed by atoms with E-state index in [4.69, 9.17) is 29.4 Å². The zero-order valence-electron chi connectivity index (χ0n) is 18.5. The van der Waals surface area contributed by atoms with Crippen molar-refractivity contribution in [2.75, 3.05) is 12.3 Å². The smallest absolute Gasteiger partial charge is 0.431 e. The minimum absolute atomic E-state index is 0.257. The monoisotopic (exact) mass is 445 g/mol. The van der Waals surface area contributed by atoms with Gasteiger partial charge in [-0.2, -0.15) is 10.4 Å². The van der Waals surface area contributed by atoms with Crippen LogP contribution in [0.15, 0.2) is 18.5 Å². The van der Waals surface area contributed by atoms with Crippen molar-refractivity contribution in [3.05, 3.63) is 24.2 Å². The second-order valence-electron chi connectivity index (χ2n) is 8.36. The molecule has 2 aliphatic rings. The molecule has 0 spiro atoms. The SMILES string of the molecule is CCC(CC)OC(=O)OC[C@@]1(C#N)O[C@@H](c2ccc3c(N)ncnn23)[C@@H]2OC(C)(C)O[C@@H]21. The van der Waals surface area contributed by atoms with Crippen LogP contribution in [0.4, 0.5) is 10.6 Å². The largest absolute Gasteiger partial charge is 0.508 e. The second kappa shape index (κ2) is 8.20. The number of fused-ring (bicyclic) bond motifs is 2. The van der Waals surface area contributed by atoms with Crippen LogP contribution in [-0.4, -0.2) is 57.1 Å². The zero-order valence-corrected chi connectivity index (χ0v) is 18.5. The minimum Gasteiger partial charge on any atom is -0.431 e. The maximum Gasteiger partial charge on any atom is 0.508 e. The molecular formula is C21H27N5O6. The molecule has 2 aromatic heterocycles. The summed E-state index contributed by atoms with van der Waals surface area (Å²) in [4.78, 5) is 16.2. The summed E-state index contributed by atoms with van der Waals surface area (Å²) in [6.45, 7) is 6.96. The van der Waals surface area contributed by atoms with Gasteiger partial charge in [-0.1, -0.05) is 13.8 Å². The van der Waals surface area contributed by atoms with Gasteiger partial charge in [0.2, 0.25) is 5.60 Å². The molecule has 11 heteroatoms. The summed E-state index contributed by atoms with van der Waals surface area (Å²) in [7, 11) is 0. The van der Waals surface area contributed by atoms with Crippen LogP contribution in [0.2, 0.25) is 0 Å². The number of carbonyl (C=O) groups is 1. The lowest BCUT2D eigenvalue weighted by Gasteiger charge is -2.28. The Hall–Kier alpha value is -2.94. The number of nitrogens with zero attached hydrogens (tertiary/aromatic N) is 4. The first-order valence-electron chi connectivity index (χ1n) is 10.6. The first-order chi connectivity index (χ1) is 15.2. The number of carbonyl (C=O) groups excluding carboxylic acids is 1. The molecule has 172 valence electrons. The van der Waals surface area contributed by atoms with Crippen molar-refractivity contribution >= 4 is 17.5 Å². The minimum atomic E-state index is -1.60. The Labute approximate surface area is 185 Å². The van der Waals surface area contributed by atoms with Crippen LogP contribution in [0.5, 0.6) is 0 Å². The summed E-state index contributed by atoms with van der Waals surface area (Å²) in [5.41, 5.74) is 5.56. The van der Waals surface area contributed by atoms with Crippen molar-refractivity contribution in [2.45, 2.75) is 76.3 Å². The van der Waals surface area contributed by atoms with Gasteiger partial charge < -0.3 is 29.4 Å². The average molecular weight is 445 g/mol. The van der Waals surface area contributed by atoms with Crippen LogP contribution < -0.4 is 5.73 Å². The molecule has 0 aromatic carbocycles. The van der Waals surface area contributed by atoms with Crippen molar-refractivity contribution < 1.29 is 28.5 Å². The second-order valence-corrected chi connectivity index (χ2v) is 8.36. The van der Waals surface area contributed by atoms with Crippen LogP contribution >= 0.6 is 0 Å². The quantitative estimate of drug-likeness (QED) is 0.659. The molecule has 2 aliphatic heterocycles. The van der Waals surface area contributed by atoms with Gasteiger partial charge in [0.25, 0.3) is 0 Å². The Morgan fingerprint density at radius 3 is 2.75 bits per heavy atom. The average Bonchev–Trinajstić information content (AvgIpc) is 3.41. The Morgan fingerprint density at radius 2 is 2.06 bits per heavy atom. The molecule has 0 radical (unpaired) electrons. The van der Waals surface area contributed by atoms with Crippen molar-refractivity contribution in [3.63, 3.8) is 0 Å². The third kappa shape index (κ3) is 3.74.